The average Bonchev–Trinajstić information content (AvgIpc) is 2.50. The van der Waals surface area contributed by atoms with Gasteiger partial charge >= 0.3 is 0 Å². The lowest BCUT2D eigenvalue weighted by molar-refractivity contribution is 0.628. The van der Waals surface area contributed by atoms with Crippen molar-refractivity contribution in [3.63, 3.8) is 0 Å². The fraction of sp³-hybridized carbons (Fsp3) is 0.0526. The minimum atomic E-state index is -0.278. The van der Waals surface area contributed by atoms with Crippen LogP contribution >= 0.6 is 0 Å². The van der Waals surface area contributed by atoms with E-state index in [1.54, 1.807) is 6.07 Å². The summed E-state index contributed by atoms with van der Waals surface area (Å²) in [6.45, 7) is 2.02. The van der Waals surface area contributed by atoms with Gasteiger partial charge in [-0.1, -0.05) is 54.1 Å². The fourth-order valence-corrected chi connectivity index (χ4v) is 2.51. The van der Waals surface area contributed by atoms with Crippen LogP contribution in [-0.2, 0) is 0 Å². The fourth-order valence-electron chi connectivity index (χ4n) is 2.51. The Labute approximate surface area is 123 Å². The molecular formula is C19H16FN. The van der Waals surface area contributed by atoms with Crippen LogP contribution in [0.5, 0.6) is 0 Å². The van der Waals surface area contributed by atoms with Gasteiger partial charge in [0.15, 0.2) is 0 Å². The highest BCUT2D eigenvalue weighted by atomic mass is 19.1. The summed E-state index contributed by atoms with van der Waals surface area (Å²) in [6.07, 6.45) is 0. The number of halogens is 1. The molecular weight excluding hydrogens is 261 g/mol. The van der Waals surface area contributed by atoms with Crippen LogP contribution in [0.2, 0.25) is 0 Å². The Morgan fingerprint density at radius 2 is 1.52 bits per heavy atom. The van der Waals surface area contributed by atoms with Crippen LogP contribution in [0.4, 0.5) is 10.1 Å². The molecule has 2 N–H and O–H groups in total. The molecule has 0 atom stereocenters. The van der Waals surface area contributed by atoms with Crippen molar-refractivity contribution in [2.24, 2.45) is 0 Å². The average molecular weight is 277 g/mol. The van der Waals surface area contributed by atoms with E-state index in [1.165, 1.54) is 12.1 Å². The SMILES string of the molecule is Cc1ccc(-c2ccccc2)c(-c2cc(F)ccc2N)c1. The van der Waals surface area contributed by atoms with Gasteiger partial charge in [0.2, 0.25) is 0 Å². The Hall–Kier alpha value is -2.61. The molecule has 3 rings (SSSR count). The van der Waals surface area contributed by atoms with Gasteiger partial charge in [0, 0.05) is 11.3 Å². The summed E-state index contributed by atoms with van der Waals surface area (Å²) in [5.41, 5.74) is 11.6. The first-order valence-electron chi connectivity index (χ1n) is 6.86. The topological polar surface area (TPSA) is 26.0 Å². The van der Waals surface area contributed by atoms with Crippen molar-refractivity contribution in [2.45, 2.75) is 6.92 Å². The van der Waals surface area contributed by atoms with Gasteiger partial charge < -0.3 is 5.73 Å². The number of nitrogen functional groups attached to an aromatic ring is 1. The van der Waals surface area contributed by atoms with Crippen LogP contribution in [-0.4, -0.2) is 0 Å². The summed E-state index contributed by atoms with van der Waals surface area (Å²) in [5.74, 6) is -0.278. The second kappa shape index (κ2) is 5.41. The molecule has 0 aliphatic carbocycles. The summed E-state index contributed by atoms with van der Waals surface area (Å²) >= 11 is 0. The van der Waals surface area contributed by atoms with Gasteiger partial charge in [-0.05, 0) is 41.8 Å². The predicted octanol–water partition coefficient (Wildman–Crippen LogP) is 5.05. The predicted molar refractivity (Wildman–Crippen MR) is 86.4 cm³/mol. The molecule has 0 aliphatic rings. The summed E-state index contributed by atoms with van der Waals surface area (Å²) < 4.78 is 13.6. The van der Waals surface area contributed by atoms with Crippen LogP contribution in [0, 0.1) is 12.7 Å². The Kier molecular flexibility index (Phi) is 3.44. The van der Waals surface area contributed by atoms with Crippen molar-refractivity contribution in [3.8, 4) is 22.3 Å². The van der Waals surface area contributed by atoms with Gasteiger partial charge in [-0.15, -0.1) is 0 Å². The molecule has 1 nitrogen and oxygen atoms in total. The van der Waals surface area contributed by atoms with E-state index in [4.69, 9.17) is 5.73 Å². The van der Waals surface area contributed by atoms with Crippen LogP contribution in [0.1, 0.15) is 5.56 Å². The first-order valence-corrected chi connectivity index (χ1v) is 6.86. The highest BCUT2D eigenvalue weighted by Gasteiger charge is 2.11. The zero-order valence-electron chi connectivity index (χ0n) is 11.8. The summed E-state index contributed by atoms with van der Waals surface area (Å²) in [5, 5.41) is 0. The Bertz CT molecular complexity index is 779. The van der Waals surface area contributed by atoms with E-state index in [0.29, 0.717) is 5.69 Å². The monoisotopic (exact) mass is 277 g/mol. The van der Waals surface area contributed by atoms with Crippen molar-refractivity contribution in [1.82, 2.24) is 0 Å². The minimum Gasteiger partial charge on any atom is -0.398 e. The van der Waals surface area contributed by atoms with Gasteiger partial charge in [-0.2, -0.15) is 0 Å². The molecule has 0 aromatic heterocycles. The molecule has 0 radical (unpaired) electrons. The Morgan fingerprint density at radius 1 is 0.762 bits per heavy atom. The van der Waals surface area contributed by atoms with Crippen molar-refractivity contribution < 1.29 is 4.39 Å². The standard InChI is InChI=1S/C19H16FN/c1-13-7-9-16(14-5-3-2-4-6-14)17(11-13)18-12-15(20)8-10-19(18)21/h2-12H,21H2,1H3. The molecule has 21 heavy (non-hydrogen) atoms. The molecule has 0 spiro atoms. The summed E-state index contributed by atoms with van der Waals surface area (Å²) in [4.78, 5) is 0. The lowest BCUT2D eigenvalue weighted by Crippen LogP contribution is -1.94. The number of hydrogen-bond acceptors (Lipinski definition) is 1. The van der Waals surface area contributed by atoms with Gasteiger partial charge in [0.25, 0.3) is 0 Å². The van der Waals surface area contributed by atoms with Gasteiger partial charge in [-0.25, -0.2) is 4.39 Å². The van der Waals surface area contributed by atoms with E-state index >= 15 is 0 Å². The van der Waals surface area contributed by atoms with Crippen molar-refractivity contribution in [2.75, 3.05) is 5.73 Å². The smallest absolute Gasteiger partial charge is 0.123 e. The van der Waals surface area contributed by atoms with Crippen LogP contribution < -0.4 is 5.73 Å². The van der Waals surface area contributed by atoms with Gasteiger partial charge in [0.05, 0.1) is 0 Å². The number of aryl methyl sites for hydroxylation is 1. The van der Waals surface area contributed by atoms with Crippen LogP contribution in [0.15, 0.2) is 66.7 Å². The second-order valence-corrected chi connectivity index (χ2v) is 5.15. The molecule has 0 heterocycles. The van der Waals surface area contributed by atoms with Gasteiger partial charge in [0.1, 0.15) is 5.82 Å². The lowest BCUT2D eigenvalue weighted by atomic mass is 9.92. The van der Waals surface area contributed by atoms with E-state index in [9.17, 15) is 4.39 Å². The molecule has 2 heteroatoms. The number of rotatable bonds is 2. The molecule has 0 bridgehead atoms. The van der Waals surface area contributed by atoms with Crippen molar-refractivity contribution >= 4 is 5.69 Å². The third-order valence-corrected chi connectivity index (χ3v) is 3.57. The maximum Gasteiger partial charge on any atom is 0.123 e. The molecule has 3 aromatic rings. The number of benzene rings is 3. The lowest BCUT2D eigenvalue weighted by Gasteiger charge is -2.13. The molecule has 0 fully saturated rings. The largest absolute Gasteiger partial charge is 0.398 e. The maximum atomic E-state index is 13.6. The Balaban J connectivity index is 2.27. The molecule has 0 saturated heterocycles. The van der Waals surface area contributed by atoms with E-state index in [0.717, 1.165) is 27.8 Å². The van der Waals surface area contributed by atoms with E-state index in [2.05, 4.69) is 12.1 Å². The first-order chi connectivity index (χ1) is 10.1. The highest BCUT2D eigenvalue weighted by molar-refractivity contribution is 5.88. The van der Waals surface area contributed by atoms with Crippen LogP contribution in [0.3, 0.4) is 0 Å². The zero-order valence-corrected chi connectivity index (χ0v) is 11.8. The summed E-state index contributed by atoms with van der Waals surface area (Å²) in [6, 6.07) is 20.7. The van der Waals surface area contributed by atoms with Crippen LogP contribution in [0.25, 0.3) is 22.3 Å². The third kappa shape index (κ3) is 2.65. The van der Waals surface area contributed by atoms with E-state index in [-0.39, 0.29) is 5.82 Å². The van der Waals surface area contributed by atoms with Gasteiger partial charge in [-0.3, -0.25) is 0 Å². The summed E-state index contributed by atoms with van der Waals surface area (Å²) in [7, 11) is 0. The maximum absolute atomic E-state index is 13.6. The molecule has 0 unspecified atom stereocenters. The number of hydrogen-bond donors (Lipinski definition) is 1. The second-order valence-electron chi connectivity index (χ2n) is 5.15. The molecule has 104 valence electrons. The quantitative estimate of drug-likeness (QED) is 0.652. The highest BCUT2D eigenvalue weighted by Crippen LogP contribution is 2.36. The number of anilines is 1. The van der Waals surface area contributed by atoms with E-state index < -0.39 is 0 Å². The van der Waals surface area contributed by atoms with E-state index in [1.807, 2.05) is 43.3 Å². The molecule has 0 aliphatic heterocycles. The molecule has 3 aromatic carbocycles. The van der Waals surface area contributed by atoms with Crippen molar-refractivity contribution in [3.05, 3.63) is 78.1 Å². The third-order valence-electron chi connectivity index (χ3n) is 3.57. The molecule has 0 amide bonds. The zero-order chi connectivity index (χ0) is 14.8. The molecule has 0 saturated carbocycles. The number of nitrogens with two attached hydrogens (primary N) is 1. The Morgan fingerprint density at radius 3 is 2.29 bits per heavy atom. The first kappa shape index (κ1) is 13.4. The van der Waals surface area contributed by atoms with Crippen molar-refractivity contribution in [1.29, 1.82) is 0 Å². The minimum absolute atomic E-state index is 0.278. The normalized spacial score (nSPS) is 10.6.